The third kappa shape index (κ3) is 2.58. The first-order chi connectivity index (χ1) is 7.20. The molecular formula is C11H16O4. The highest BCUT2D eigenvalue weighted by Crippen LogP contribution is 2.37. The van der Waals surface area contributed by atoms with Gasteiger partial charge in [-0.25, -0.2) is 4.79 Å². The largest absolute Gasteiger partial charge is 0.478 e. The maximum Gasteiger partial charge on any atom is 0.328 e. The zero-order chi connectivity index (χ0) is 10.7. The molecule has 1 aliphatic carbocycles. The molecule has 1 heterocycles. The fraction of sp³-hybridized carbons (Fsp3) is 0.727. The van der Waals surface area contributed by atoms with Gasteiger partial charge in [0, 0.05) is 18.9 Å². The van der Waals surface area contributed by atoms with E-state index in [2.05, 4.69) is 0 Å². The first-order valence-electron chi connectivity index (χ1n) is 5.43. The summed E-state index contributed by atoms with van der Waals surface area (Å²) in [6.45, 7) is 0.476. The molecule has 2 aliphatic rings. The second kappa shape index (κ2) is 4.33. The Morgan fingerprint density at radius 1 is 1.33 bits per heavy atom. The summed E-state index contributed by atoms with van der Waals surface area (Å²) in [5.41, 5.74) is 0. The minimum atomic E-state index is -0.941. The number of hydrogen-bond donors (Lipinski definition) is 1. The fourth-order valence-electron chi connectivity index (χ4n) is 2.22. The van der Waals surface area contributed by atoms with Crippen LogP contribution in [0.4, 0.5) is 0 Å². The molecule has 1 saturated heterocycles. The molecule has 2 rings (SSSR count). The Hall–Kier alpha value is -0.870. The van der Waals surface area contributed by atoms with Gasteiger partial charge in [0.15, 0.2) is 5.79 Å². The van der Waals surface area contributed by atoms with Crippen molar-refractivity contribution >= 4 is 5.97 Å². The molecule has 0 radical (unpaired) electrons. The number of carboxylic acids is 1. The molecule has 1 N–H and O–H groups in total. The zero-order valence-electron chi connectivity index (χ0n) is 8.65. The van der Waals surface area contributed by atoms with Crippen molar-refractivity contribution in [1.82, 2.24) is 0 Å². The third-order valence-electron chi connectivity index (χ3n) is 2.95. The second-order valence-corrected chi connectivity index (χ2v) is 4.14. The highest BCUT2D eigenvalue weighted by molar-refractivity contribution is 5.79. The van der Waals surface area contributed by atoms with Crippen molar-refractivity contribution in [3.05, 3.63) is 12.2 Å². The van der Waals surface area contributed by atoms with Crippen LogP contribution in [-0.2, 0) is 14.3 Å². The molecule has 1 saturated carbocycles. The SMILES string of the molecule is O=C(O)C=C[C@H]1COC2(CCCCC2)O1. The average Bonchev–Trinajstić information content (AvgIpc) is 2.60. The van der Waals surface area contributed by atoms with Gasteiger partial charge in [-0.15, -0.1) is 0 Å². The summed E-state index contributed by atoms with van der Waals surface area (Å²) < 4.78 is 11.4. The van der Waals surface area contributed by atoms with Crippen molar-refractivity contribution in [3.8, 4) is 0 Å². The molecular weight excluding hydrogens is 196 g/mol. The van der Waals surface area contributed by atoms with E-state index in [0.717, 1.165) is 31.8 Å². The molecule has 0 aromatic rings. The maximum absolute atomic E-state index is 10.3. The van der Waals surface area contributed by atoms with E-state index in [1.807, 2.05) is 0 Å². The maximum atomic E-state index is 10.3. The van der Waals surface area contributed by atoms with E-state index in [4.69, 9.17) is 14.6 Å². The van der Waals surface area contributed by atoms with E-state index in [1.54, 1.807) is 6.08 Å². The Morgan fingerprint density at radius 2 is 2.07 bits per heavy atom. The van der Waals surface area contributed by atoms with Gasteiger partial charge in [-0.05, 0) is 18.9 Å². The van der Waals surface area contributed by atoms with Crippen molar-refractivity contribution in [3.63, 3.8) is 0 Å². The standard InChI is InChI=1S/C11H16O4/c12-10(13)5-4-9-8-14-11(15-9)6-2-1-3-7-11/h4-5,9H,1-3,6-8H2,(H,12,13)/t9-/m0/s1. The number of rotatable bonds is 2. The van der Waals surface area contributed by atoms with E-state index in [0.29, 0.717) is 6.61 Å². The lowest BCUT2D eigenvalue weighted by atomic mass is 9.94. The predicted octanol–water partition coefficient (Wildman–Crippen LogP) is 1.70. The van der Waals surface area contributed by atoms with Gasteiger partial charge in [0.2, 0.25) is 0 Å². The molecule has 15 heavy (non-hydrogen) atoms. The molecule has 4 nitrogen and oxygen atoms in total. The fourth-order valence-corrected chi connectivity index (χ4v) is 2.22. The predicted molar refractivity (Wildman–Crippen MR) is 53.4 cm³/mol. The summed E-state index contributed by atoms with van der Waals surface area (Å²) in [5, 5.41) is 8.49. The highest BCUT2D eigenvalue weighted by Gasteiger charge is 2.41. The van der Waals surface area contributed by atoms with E-state index < -0.39 is 11.8 Å². The summed E-state index contributed by atoms with van der Waals surface area (Å²) in [5.74, 6) is -1.35. The van der Waals surface area contributed by atoms with Gasteiger partial charge >= 0.3 is 5.97 Å². The van der Waals surface area contributed by atoms with Gasteiger partial charge in [0.05, 0.1) is 6.61 Å². The molecule has 0 aromatic heterocycles. The minimum absolute atomic E-state index is 0.195. The van der Waals surface area contributed by atoms with Gasteiger partial charge < -0.3 is 14.6 Å². The summed E-state index contributed by atoms with van der Waals surface area (Å²) in [4.78, 5) is 10.3. The van der Waals surface area contributed by atoms with Gasteiger partial charge in [0.1, 0.15) is 6.10 Å². The summed E-state index contributed by atoms with van der Waals surface area (Å²) in [6.07, 6.45) is 7.87. The van der Waals surface area contributed by atoms with Crippen LogP contribution in [0.15, 0.2) is 12.2 Å². The van der Waals surface area contributed by atoms with Crippen LogP contribution < -0.4 is 0 Å². The van der Waals surface area contributed by atoms with Crippen molar-refractivity contribution in [2.24, 2.45) is 0 Å². The van der Waals surface area contributed by atoms with E-state index in [1.165, 1.54) is 6.42 Å². The van der Waals surface area contributed by atoms with Crippen LogP contribution in [-0.4, -0.2) is 29.6 Å². The van der Waals surface area contributed by atoms with Gasteiger partial charge in [0.25, 0.3) is 0 Å². The summed E-state index contributed by atoms with van der Waals surface area (Å²) in [6, 6.07) is 0. The lowest BCUT2D eigenvalue weighted by Crippen LogP contribution is -2.33. The van der Waals surface area contributed by atoms with Crippen molar-refractivity contribution in [1.29, 1.82) is 0 Å². The van der Waals surface area contributed by atoms with Gasteiger partial charge in [-0.3, -0.25) is 0 Å². The molecule has 0 amide bonds. The van der Waals surface area contributed by atoms with Crippen LogP contribution in [0.1, 0.15) is 32.1 Å². The molecule has 4 heteroatoms. The first kappa shape index (κ1) is 10.6. The highest BCUT2D eigenvalue weighted by atomic mass is 16.7. The number of aliphatic carboxylic acids is 1. The van der Waals surface area contributed by atoms with Crippen molar-refractivity contribution in [2.75, 3.05) is 6.61 Å². The van der Waals surface area contributed by atoms with Crippen LogP contribution in [0.3, 0.4) is 0 Å². The topological polar surface area (TPSA) is 55.8 Å². The third-order valence-corrected chi connectivity index (χ3v) is 2.95. The first-order valence-corrected chi connectivity index (χ1v) is 5.43. The van der Waals surface area contributed by atoms with E-state index in [9.17, 15) is 4.79 Å². The molecule has 1 atom stereocenters. The van der Waals surface area contributed by atoms with Crippen molar-refractivity contribution in [2.45, 2.75) is 44.0 Å². The Bertz CT molecular complexity index is 266. The molecule has 1 spiro atoms. The van der Waals surface area contributed by atoms with Crippen LogP contribution in [0.25, 0.3) is 0 Å². The van der Waals surface area contributed by atoms with E-state index >= 15 is 0 Å². The molecule has 0 aromatic carbocycles. The molecule has 0 bridgehead atoms. The molecule has 0 unspecified atom stereocenters. The Morgan fingerprint density at radius 3 is 2.73 bits per heavy atom. The minimum Gasteiger partial charge on any atom is -0.478 e. The summed E-state index contributed by atoms with van der Waals surface area (Å²) >= 11 is 0. The smallest absolute Gasteiger partial charge is 0.328 e. The molecule has 1 aliphatic heterocycles. The lowest BCUT2D eigenvalue weighted by molar-refractivity contribution is -0.183. The quantitative estimate of drug-likeness (QED) is 0.708. The summed E-state index contributed by atoms with van der Waals surface area (Å²) in [7, 11) is 0. The van der Waals surface area contributed by atoms with Crippen LogP contribution in [0, 0.1) is 0 Å². The van der Waals surface area contributed by atoms with Crippen molar-refractivity contribution < 1.29 is 19.4 Å². The monoisotopic (exact) mass is 212 g/mol. The lowest BCUT2D eigenvalue weighted by Gasteiger charge is -2.31. The molecule has 84 valence electrons. The zero-order valence-corrected chi connectivity index (χ0v) is 8.65. The normalized spacial score (nSPS) is 30.0. The Labute approximate surface area is 88.9 Å². The Kier molecular flexibility index (Phi) is 3.07. The number of ether oxygens (including phenoxy) is 2. The Balaban J connectivity index is 1.90. The number of carbonyl (C=O) groups is 1. The van der Waals surface area contributed by atoms with Crippen LogP contribution in [0.2, 0.25) is 0 Å². The number of carboxylic acid groups (broad SMARTS) is 1. The molecule has 2 fully saturated rings. The van der Waals surface area contributed by atoms with Gasteiger partial charge in [-0.2, -0.15) is 0 Å². The van der Waals surface area contributed by atoms with Crippen LogP contribution >= 0.6 is 0 Å². The van der Waals surface area contributed by atoms with Gasteiger partial charge in [-0.1, -0.05) is 6.42 Å². The number of hydrogen-bond acceptors (Lipinski definition) is 3. The van der Waals surface area contributed by atoms with Crippen LogP contribution in [0.5, 0.6) is 0 Å². The average molecular weight is 212 g/mol. The second-order valence-electron chi connectivity index (χ2n) is 4.14. The van der Waals surface area contributed by atoms with E-state index in [-0.39, 0.29) is 6.10 Å².